The van der Waals surface area contributed by atoms with Crippen molar-refractivity contribution in [2.75, 3.05) is 6.61 Å². The highest BCUT2D eigenvalue weighted by Gasteiger charge is 2.14. The van der Waals surface area contributed by atoms with Gasteiger partial charge in [-0.25, -0.2) is 4.79 Å². The first kappa shape index (κ1) is 15.4. The molecule has 1 aromatic rings. The van der Waals surface area contributed by atoms with Gasteiger partial charge in [-0.2, -0.15) is 0 Å². The molecule has 0 saturated heterocycles. The molecular weight excluding hydrogens is 264 g/mol. The highest BCUT2D eigenvalue weighted by molar-refractivity contribution is 6.00. The van der Waals surface area contributed by atoms with E-state index in [0.29, 0.717) is 5.56 Å². The molecule has 1 N–H and O–H groups in total. The number of aromatic hydroxyl groups is 1. The number of carbonyl (C=O) groups excluding carboxylic acids is 3. The SMILES string of the molecule is CCOC(=O)CC(=O)OC(=O)/C=C/c1ccc(O)cc1. The van der Waals surface area contributed by atoms with Gasteiger partial charge in [0.2, 0.25) is 0 Å². The second kappa shape index (κ2) is 7.73. The molecule has 0 radical (unpaired) electrons. The van der Waals surface area contributed by atoms with Crippen LogP contribution in [0.15, 0.2) is 30.3 Å². The van der Waals surface area contributed by atoms with E-state index in [-0.39, 0.29) is 12.4 Å². The average Bonchev–Trinajstić information content (AvgIpc) is 2.38. The molecule has 1 aromatic carbocycles. The van der Waals surface area contributed by atoms with E-state index in [1.54, 1.807) is 19.1 Å². The van der Waals surface area contributed by atoms with E-state index in [0.717, 1.165) is 6.08 Å². The number of esters is 3. The Bertz CT molecular complexity index is 515. The van der Waals surface area contributed by atoms with Crippen LogP contribution in [0.3, 0.4) is 0 Å². The normalized spacial score (nSPS) is 10.2. The van der Waals surface area contributed by atoms with Gasteiger partial charge in [0.1, 0.15) is 12.2 Å². The van der Waals surface area contributed by atoms with Gasteiger partial charge in [0, 0.05) is 6.08 Å². The molecule has 0 aromatic heterocycles. The van der Waals surface area contributed by atoms with Gasteiger partial charge in [-0.1, -0.05) is 12.1 Å². The molecule has 0 atom stereocenters. The molecule has 0 spiro atoms. The van der Waals surface area contributed by atoms with Crippen molar-refractivity contribution in [2.45, 2.75) is 13.3 Å². The molecule has 0 unspecified atom stereocenters. The van der Waals surface area contributed by atoms with Crippen LogP contribution < -0.4 is 0 Å². The Morgan fingerprint density at radius 1 is 1.15 bits per heavy atom. The maximum atomic E-state index is 11.3. The summed E-state index contributed by atoms with van der Waals surface area (Å²) in [6.45, 7) is 1.76. The van der Waals surface area contributed by atoms with Crippen LogP contribution in [0.25, 0.3) is 6.08 Å². The van der Waals surface area contributed by atoms with Gasteiger partial charge in [0.25, 0.3) is 0 Å². The first-order chi connectivity index (χ1) is 9.51. The number of hydrogen-bond acceptors (Lipinski definition) is 6. The minimum Gasteiger partial charge on any atom is -0.508 e. The van der Waals surface area contributed by atoms with Crippen LogP contribution in [-0.2, 0) is 23.9 Å². The average molecular weight is 278 g/mol. The fourth-order valence-corrected chi connectivity index (χ4v) is 1.26. The molecule has 0 aliphatic rings. The maximum Gasteiger partial charge on any atom is 0.338 e. The standard InChI is InChI=1S/C14H14O6/c1-2-19-13(17)9-14(18)20-12(16)8-5-10-3-6-11(15)7-4-10/h3-8,15H,2,9H2,1H3/b8-5+. The Hall–Kier alpha value is -2.63. The van der Waals surface area contributed by atoms with Gasteiger partial charge in [-0.15, -0.1) is 0 Å². The molecule has 6 heteroatoms. The van der Waals surface area contributed by atoms with Crippen LogP contribution in [0, 0.1) is 0 Å². The maximum absolute atomic E-state index is 11.3. The van der Waals surface area contributed by atoms with Crippen LogP contribution in [0.2, 0.25) is 0 Å². The third-order valence-electron chi connectivity index (χ3n) is 2.11. The smallest absolute Gasteiger partial charge is 0.338 e. The molecular formula is C14H14O6. The van der Waals surface area contributed by atoms with Crippen LogP contribution in [-0.4, -0.2) is 29.6 Å². The van der Waals surface area contributed by atoms with Crippen molar-refractivity contribution in [3.05, 3.63) is 35.9 Å². The Morgan fingerprint density at radius 2 is 1.80 bits per heavy atom. The van der Waals surface area contributed by atoms with Gasteiger partial charge < -0.3 is 14.6 Å². The highest BCUT2D eigenvalue weighted by atomic mass is 16.6. The molecule has 0 saturated carbocycles. The predicted molar refractivity (Wildman–Crippen MR) is 69.5 cm³/mol. The van der Waals surface area contributed by atoms with Crippen LogP contribution in [0.1, 0.15) is 18.9 Å². The van der Waals surface area contributed by atoms with E-state index in [9.17, 15) is 14.4 Å². The zero-order valence-corrected chi connectivity index (χ0v) is 10.9. The molecule has 0 amide bonds. The summed E-state index contributed by atoms with van der Waals surface area (Å²) < 4.78 is 8.94. The van der Waals surface area contributed by atoms with E-state index >= 15 is 0 Å². The van der Waals surface area contributed by atoms with E-state index in [1.807, 2.05) is 0 Å². The summed E-state index contributed by atoms with van der Waals surface area (Å²) in [4.78, 5) is 33.5. The highest BCUT2D eigenvalue weighted by Crippen LogP contribution is 2.10. The molecule has 0 heterocycles. The second-order valence-corrected chi connectivity index (χ2v) is 3.70. The minimum absolute atomic E-state index is 0.106. The van der Waals surface area contributed by atoms with Gasteiger partial charge >= 0.3 is 17.9 Å². The molecule has 0 aliphatic carbocycles. The Kier molecular flexibility index (Phi) is 5.96. The van der Waals surface area contributed by atoms with Crippen molar-refractivity contribution in [1.82, 2.24) is 0 Å². The third-order valence-corrected chi connectivity index (χ3v) is 2.11. The van der Waals surface area contributed by atoms with Crippen molar-refractivity contribution in [2.24, 2.45) is 0 Å². The van der Waals surface area contributed by atoms with E-state index in [4.69, 9.17) is 5.11 Å². The number of hydrogen-bond donors (Lipinski definition) is 1. The molecule has 1 rings (SSSR count). The lowest BCUT2D eigenvalue weighted by molar-refractivity contribution is -0.160. The number of carbonyl (C=O) groups is 3. The zero-order valence-electron chi connectivity index (χ0n) is 10.9. The first-order valence-corrected chi connectivity index (χ1v) is 5.88. The summed E-state index contributed by atoms with van der Waals surface area (Å²) in [5.74, 6) is -2.49. The van der Waals surface area contributed by atoms with Gasteiger partial charge in [0.15, 0.2) is 0 Å². The lowest BCUT2D eigenvalue weighted by Crippen LogP contribution is -2.16. The number of rotatable bonds is 5. The molecule has 0 aliphatic heterocycles. The monoisotopic (exact) mass is 278 g/mol. The summed E-state index contributed by atoms with van der Waals surface area (Å²) in [5.41, 5.74) is 0.651. The largest absolute Gasteiger partial charge is 0.508 e. The summed E-state index contributed by atoms with van der Waals surface area (Å²) in [6, 6.07) is 6.08. The third kappa shape index (κ3) is 5.81. The van der Waals surface area contributed by atoms with Crippen molar-refractivity contribution in [1.29, 1.82) is 0 Å². The summed E-state index contributed by atoms with van der Waals surface area (Å²) in [5, 5.41) is 9.08. The van der Waals surface area contributed by atoms with Crippen molar-refractivity contribution < 1.29 is 29.0 Å². The molecule has 0 bridgehead atoms. The van der Waals surface area contributed by atoms with Crippen LogP contribution in [0.4, 0.5) is 0 Å². The lowest BCUT2D eigenvalue weighted by Gasteiger charge is -2.00. The summed E-state index contributed by atoms with van der Waals surface area (Å²) >= 11 is 0. The van der Waals surface area contributed by atoms with Crippen molar-refractivity contribution in [3.8, 4) is 5.75 Å². The van der Waals surface area contributed by atoms with Crippen molar-refractivity contribution >= 4 is 24.0 Å². The molecule has 0 fully saturated rings. The van der Waals surface area contributed by atoms with Crippen LogP contribution >= 0.6 is 0 Å². The van der Waals surface area contributed by atoms with Gasteiger partial charge in [-0.05, 0) is 30.7 Å². The topological polar surface area (TPSA) is 89.9 Å². The minimum atomic E-state index is -0.969. The predicted octanol–water partition coefficient (Wildman–Crippen LogP) is 1.43. The van der Waals surface area contributed by atoms with E-state index in [1.165, 1.54) is 18.2 Å². The first-order valence-electron chi connectivity index (χ1n) is 5.88. The number of phenols is 1. The van der Waals surface area contributed by atoms with E-state index < -0.39 is 24.3 Å². The number of phenolic OH excluding ortho intramolecular Hbond substituents is 1. The quantitative estimate of drug-likeness (QED) is 0.498. The van der Waals surface area contributed by atoms with E-state index in [2.05, 4.69) is 9.47 Å². The summed E-state index contributed by atoms with van der Waals surface area (Å²) in [6.07, 6.45) is 1.86. The number of ether oxygens (including phenoxy) is 2. The number of benzene rings is 1. The van der Waals surface area contributed by atoms with Gasteiger partial charge in [-0.3, -0.25) is 9.59 Å². The zero-order chi connectivity index (χ0) is 15.0. The van der Waals surface area contributed by atoms with Crippen LogP contribution in [0.5, 0.6) is 5.75 Å². The molecule has 6 nitrogen and oxygen atoms in total. The van der Waals surface area contributed by atoms with Crippen molar-refractivity contribution in [3.63, 3.8) is 0 Å². The molecule has 106 valence electrons. The molecule has 20 heavy (non-hydrogen) atoms. The Morgan fingerprint density at radius 3 is 2.40 bits per heavy atom. The lowest BCUT2D eigenvalue weighted by atomic mass is 10.2. The Labute approximate surface area is 115 Å². The second-order valence-electron chi connectivity index (χ2n) is 3.70. The fourth-order valence-electron chi connectivity index (χ4n) is 1.26. The Balaban J connectivity index is 2.45. The summed E-state index contributed by atoms with van der Waals surface area (Å²) in [7, 11) is 0. The fraction of sp³-hybridized carbons (Fsp3) is 0.214. The van der Waals surface area contributed by atoms with Gasteiger partial charge in [0.05, 0.1) is 6.61 Å².